The summed E-state index contributed by atoms with van der Waals surface area (Å²) in [6.45, 7) is 11.1. The van der Waals surface area contributed by atoms with Crippen LogP contribution >= 0.6 is 0 Å². The highest BCUT2D eigenvalue weighted by Crippen LogP contribution is 2.52. The maximum absolute atomic E-state index is 6.49. The van der Waals surface area contributed by atoms with Crippen molar-refractivity contribution in [1.29, 1.82) is 0 Å². The highest BCUT2D eigenvalue weighted by molar-refractivity contribution is 6.10. The zero-order chi connectivity index (χ0) is 23.8. The second kappa shape index (κ2) is 7.13. The van der Waals surface area contributed by atoms with Crippen molar-refractivity contribution >= 4 is 39.0 Å². The van der Waals surface area contributed by atoms with Gasteiger partial charge < -0.3 is 14.2 Å². The lowest BCUT2D eigenvalue weighted by atomic mass is 9.96. The minimum absolute atomic E-state index is 0.0696. The van der Waals surface area contributed by atoms with Gasteiger partial charge in [-0.25, -0.2) is 0 Å². The molecule has 5 heteroatoms. The number of benzene rings is 3. The Kier molecular flexibility index (Phi) is 4.37. The van der Waals surface area contributed by atoms with E-state index in [2.05, 4.69) is 110 Å². The highest BCUT2D eigenvalue weighted by atomic mass is 16.3. The van der Waals surface area contributed by atoms with E-state index in [1.54, 1.807) is 0 Å². The lowest BCUT2D eigenvalue weighted by Gasteiger charge is -2.42. The van der Waals surface area contributed by atoms with Crippen LogP contribution in [-0.2, 0) is 12.6 Å². The lowest BCUT2D eigenvalue weighted by molar-refractivity contribution is 0.417. The van der Waals surface area contributed by atoms with Gasteiger partial charge in [0.2, 0.25) is 0 Å². The zero-order valence-corrected chi connectivity index (χ0v) is 20.6. The molecule has 0 unspecified atom stereocenters. The topological polar surface area (TPSA) is 37.4 Å². The molecule has 3 heterocycles. The third-order valence-corrected chi connectivity index (χ3v) is 7.34. The van der Waals surface area contributed by atoms with Crippen molar-refractivity contribution < 1.29 is 4.42 Å². The number of hydrogen-bond acceptors (Lipinski definition) is 4. The molecule has 1 atom stereocenters. The van der Waals surface area contributed by atoms with Crippen LogP contribution in [0.3, 0.4) is 0 Å². The molecule has 5 aromatic rings. The number of aryl methyl sites for hydroxylation is 3. The number of rotatable bonds is 3. The van der Waals surface area contributed by atoms with Gasteiger partial charge >= 0.3 is 0 Å². The summed E-state index contributed by atoms with van der Waals surface area (Å²) in [6.07, 6.45) is 0.0696. The largest absolute Gasteiger partial charge is 0.454 e. The second-order valence-electron chi connectivity index (χ2n) is 9.92. The Morgan fingerprint density at radius 3 is 2.32 bits per heavy atom. The van der Waals surface area contributed by atoms with Crippen molar-refractivity contribution in [3.63, 3.8) is 0 Å². The number of furan rings is 1. The van der Waals surface area contributed by atoms with E-state index in [4.69, 9.17) is 4.42 Å². The van der Waals surface area contributed by atoms with Crippen LogP contribution in [-0.4, -0.2) is 15.9 Å². The van der Waals surface area contributed by atoms with Gasteiger partial charge in [0.05, 0.1) is 34.0 Å². The molecule has 0 saturated carbocycles. The predicted octanol–water partition coefficient (Wildman–Crippen LogP) is 7.18. The van der Waals surface area contributed by atoms with Gasteiger partial charge in [-0.05, 0) is 64.4 Å². The van der Waals surface area contributed by atoms with E-state index in [0.717, 1.165) is 33.3 Å². The molecule has 172 valence electrons. The minimum atomic E-state index is -0.282. The fourth-order valence-corrected chi connectivity index (χ4v) is 5.94. The molecule has 0 spiro atoms. The van der Waals surface area contributed by atoms with Crippen molar-refractivity contribution in [3.8, 4) is 0 Å². The number of aromatic nitrogens is 2. The second-order valence-corrected chi connectivity index (χ2v) is 9.92. The Labute approximate surface area is 200 Å². The van der Waals surface area contributed by atoms with E-state index in [9.17, 15) is 0 Å². The first-order valence-corrected chi connectivity index (χ1v) is 11.9. The predicted molar refractivity (Wildman–Crippen MR) is 140 cm³/mol. The van der Waals surface area contributed by atoms with Crippen molar-refractivity contribution in [2.24, 2.45) is 7.05 Å². The molecule has 0 amide bonds. The summed E-state index contributed by atoms with van der Waals surface area (Å²) in [5.41, 5.74) is 8.54. The van der Waals surface area contributed by atoms with Crippen LogP contribution in [0.1, 0.15) is 37.7 Å². The standard InChI is InChI=1S/C29H30N4O/c1-18-15-16-22-21-11-7-10-14-25(21)34-28(22)27(18)32-20(3)33(24-13-9-8-12-23(24)32)29(4,5)26-17-19(2)30-31(26)6/h7-17,20H,1-6H3/t20-/m1/s1. The summed E-state index contributed by atoms with van der Waals surface area (Å²) in [4.78, 5) is 4.96. The summed E-state index contributed by atoms with van der Waals surface area (Å²) in [5.74, 6) is 0. The van der Waals surface area contributed by atoms with Crippen LogP contribution in [0, 0.1) is 13.8 Å². The zero-order valence-electron chi connectivity index (χ0n) is 20.6. The Morgan fingerprint density at radius 2 is 1.59 bits per heavy atom. The monoisotopic (exact) mass is 450 g/mol. The number of fused-ring (bicyclic) bond motifs is 4. The number of nitrogens with zero attached hydrogens (tertiary/aromatic N) is 4. The van der Waals surface area contributed by atoms with E-state index < -0.39 is 0 Å². The summed E-state index contributed by atoms with van der Waals surface area (Å²) in [5, 5.41) is 6.96. The average molecular weight is 451 g/mol. The first kappa shape index (κ1) is 20.8. The third-order valence-electron chi connectivity index (χ3n) is 7.34. The highest BCUT2D eigenvalue weighted by Gasteiger charge is 2.44. The van der Waals surface area contributed by atoms with Crippen molar-refractivity contribution in [2.45, 2.75) is 46.3 Å². The average Bonchev–Trinajstić information content (AvgIpc) is 3.44. The van der Waals surface area contributed by atoms with Gasteiger partial charge in [-0.15, -0.1) is 0 Å². The van der Waals surface area contributed by atoms with E-state index in [-0.39, 0.29) is 11.7 Å². The molecule has 0 aliphatic carbocycles. The Bertz CT molecular complexity index is 1560. The van der Waals surface area contributed by atoms with Crippen LogP contribution in [0.25, 0.3) is 21.9 Å². The summed E-state index contributed by atoms with van der Waals surface area (Å²) < 4.78 is 8.51. The van der Waals surface area contributed by atoms with Crippen molar-refractivity contribution in [3.05, 3.63) is 83.7 Å². The summed E-state index contributed by atoms with van der Waals surface area (Å²) in [6, 6.07) is 23.6. The Morgan fingerprint density at radius 1 is 0.882 bits per heavy atom. The normalized spacial score (nSPS) is 16.1. The molecule has 5 nitrogen and oxygen atoms in total. The van der Waals surface area contributed by atoms with Crippen LogP contribution in [0.5, 0.6) is 0 Å². The van der Waals surface area contributed by atoms with E-state index >= 15 is 0 Å². The molecule has 34 heavy (non-hydrogen) atoms. The number of hydrogen-bond donors (Lipinski definition) is 0. The minimum Gasteiger partial charge on any atom is -0.454 e. The van der Waals surface area contributed by atoms with Gasteiger partial charge in [0.15, 0.2) is 5.58 Å². The molecule has 6 rings (SSSR count). The van der Waals surface area contributed by atoms with Crippen molar-refractivity contribution in [2.75, 3.05) is 9.80 Å². The number of anilines is 3. The van der Waals surface area contributed by atoms with E-state index in [1.165, 1.54) is 22.6 Å². The molecular weight excluding hydrogens is 420 g/mol. The van der Waals surface area contributed by atoms with Gasteiger partial charge in [0.1, 0.15) is 11.7 Å². The fourth-order valence-electron chi connectivity index (χ4n) is 5.94. The molecule has 0 saturated heterocycles. The molecule has 0 N–H and O–H groups in total. The van der Waals surface area contributed by atoms with Crippen LogP contribution < -0.4 is 9.80 Å². The number of para-hydroxylation sites is 3. The summed E-state index contributed by atoms with van der Waals surface area (Å²) >= 11 is 0. The molecule has 3 aromatic carbocycles. The Balaban J connectivity index is 1.59. The van der Waals surface area contributed by atoms with E-state index in [1.807, 2.05) is 17.8 Å². The van der Waals surface area contributed by atoms with Crippen LogP contribution in [0.4, 0.5) is 17.1 Å². The molecular formula is C29H30N4O. The van der Waals surface area contributed by atoms with Crippen LogP contribution in [0.2, 0.25) is 0 Å². The maximum Gasteiger partial charge on any atom is 0.159 e. The van der Waals surface area contributed by atoms with Gasteiger partial charge in [-0.3, -0.25) is 4.68 Å². The van der Waals surface area contributed by atoms with Crippen LogP contribution in [0.15, 0.2) is 71.1 Å². The first-order valence-electron chi connectivity index (χ1n) is 11.9. The molecule has 0 fully saturated rings. The van der Waals surface area contributed by atoms with Gasteiger partial charge in [-0.1, -0.05) is 42.5 Å². The molecule has 0 radical (unpaired) electrons. The van der Waals surface area contributed by atoms with Crippen molar-refractivity contribution in [1.82, 2.24) is 9.78 Å². The molecule has 0 bridgehead atoms. The molecule has 2 aromatic heterocycles. The fraction of sp³-hybridized carbons (Fsp3) is 0.276. The first-order chi connectivity index (χ1) is 16.3. The molecule has 1 aliphatic rings. The lowest BCUT2D eigenvalue weighted by Crippen LogP contribution is -2.50. The Hall–Kier alpha value is -3.73. The van der Waals surface area contributed by atoms with Gasteiger partial charge in [-0.2, -0.15) is 5.10 Å². The van der Waals surface area contributed by atoms with E-state index in [0.29, 0.717) is 0 Å². The molecule has 1 aliphatic heterocycles. The van der Waals surface area contributed by atoms with Gasteiger partial charge in [0.25, 0.3) is 0 Å². The summed E-state index contributed by atoms with van der Waals surface area (Å²) in [7, 11) is 2.04. The quantitative estimate of drug-likeness (QED) is 0.292. The van der Waals surface area contributed by atoms with Gasteiger partial charge in [0, 0.05) is 17.8 Å². The third kappa shape index (κ3) is 2.76. The smallest absolute Gasteiger partial charge is 0.159 e. The maximum atomic E-state index is 6.49. The SMILES string of the molecule is Cc1cc(C(C)(C)N2c3ccccc3N(c3c(C)ccc4c3oc3ccccc34)[C@H]2C)n(C)n1.